The average molecular weight is 685 g/mol. The molecular weight excluding hydrogens is 624 g/mol. The zero-order valence-corrected chi connectivity index (χ0v) is 31.5. The molecule has 1 aliphatic carbocycles. The number of hydrogen-bond donors (Lipinski definition) is 1. The Hall–Kier alpha value is -3.34. The highest BCUT2D eigenvalue weighted by Crippen LogP contribution is 2.43. The summed E-state index contributed by atoms with van der Waals surface area (Å²) < 4.78 is 17.4. The molecule has 11 nitrogen and oxygen atoms in total. The van der Waals surface area contributed by atoms with Crippen molar-refractivity contribution in [3.8, 4) is 5.75 Å². The Kier molecular flexibility index (Phi) is 12.3. The lowest BCUT2D eigenvalue weighted by Gasteiger charge is -2.40. The molecule has 2 atom stereocenters. The molecule has 1 N–H and O–H groups in total. The summed E-state index contributed by atoms with van der Waals surface area (Å²) in [7, 11) is 0. The first-order chi connectivity index (χ1) is 22.9. The lowest BCUT2D eigenvalue weighted by Crippen LogP contribution is -2.55. The summed E-state index contributed by atoms with van der Waals surface area (Å²) in [6.07, 6.45) is 3.19. The second kappa shape index (κ2) is 15.7. The maximum atomic E-state index is 14.6. The van der Waals surface area contributed by atoms with E-state index in [0.717, 1.165) is 25.7 Å². The number of hydrogen-bond acceptors (Lipinski definition) is 7. The van der Waals surface area contributed by atoms with E-state index < -0.39 is 29.1 Å². The van der Waals surface area contributed by atoms with Gasteiger partial charge in [-0.2, -0.15) is 0 Å². The fourth-order valence-electron chi connectivity index (χ4n) is 6.89. The molecule has 4 rings (SSSR count). The summed E-state index contributed by atoms with van der Waals surface area (Å²) in [5.41, 5.74) is -0.513. The minimum atomic E-state index is -1.04. The maximum Gasteiger partial charge on any atom is 0.410 e. The fourth-order valence-corrected chi connectivity index (χ4v) is 6.89. The summed E-state index contributed by atoms with van der Waals surface area (Å²) in [6, 6.07) is 5.54. The molecule has 274 valence electrons. The SMILES string of the molecule is CCOCCN1C(=O)C(C)(C)Oc2ccc(N(C(=O)[C@@H]3C[C@H](C(=O)NC(CC(C)C)CC(C)C)CN(C(=O)OC(C)(C)C)C3)C3CC3)cc21. The Morgan fingerprint density at radius 1 is 1.04 bits per heavy atom. The predicted molar refractivity (Wildman–Crippen MR) is 191 cm³/mol. The molecule has 0 aromatic heterocycles. The molecule has 0 unspecified atom stereocenters. The Labute approximate surface area is 293 Å². The second-order valence-electron chi connectivity index (χ2n) is 16.3. The number of ether oxygens (including phenoxy) is 3. The number of fused-ring (bicyclic) bond motifs is 1. The molecule has 49 heavy (non-hydrogen) atoms. The highest BCUT2D eigenvalue weighted by atomic mass is 16.6. The average Bonchev–Trinajstić information content (AvgIpc) is 3.82. The smallest absolute Gasteiger partial charge is 0.410 e. The van der Waals surface area contributed by atoms with Crippen LogP contribution in [-0.4, -0.2) is 84.8 Å². The van der Waals surface area contributed by atoms with Crippen LogP contribution in [0.25, 0.3) is 0 Å². The Morgan fingerprint density at radius 2 is 1.67 bits per heavy atom. The quantitative estimate of drug-likeness (QED) is 0.247. The van der Waals surface area contributed by atoms with Gasteiger partial charge in [-0.05, 0) is 104 Å². The van der Waals surface area contributed by atoms with Crippen LogP contribution < -0.4 is 19.9 Å². The van der Waals surface area contributed by atoms with Gasteiger partial charge in [0.1, 0.15) is 11.4 Å². The van der Waals surface area contributed by atoms with Crippen molar-refractivity contribution in [2.45, 2.75) is 125 Å². The van der Waals surface area contributed by atoms with Crippen LogP contribution in [0.3, 0.4) is 0 Å². The lowest BCUT2D eigenvalue weighted by atomic mass is 9.86. The van der Waals surface area contributed by atoms with Crippen LogP contribution in [0.2, 0.25) is 0 Å². The third kappa shape index (κ3) is 10.1. The van der Waals surface area contributed by atoms with Gasteiger partial charge in [0.25, 0.3) is 5.91 Å². The van der Waals surface area contributed by atoms with E-state index in [1.165, 1.54) is 4.90 Å². The molecule has 1 aromatic rings. The number of nitrogens with one attached hydrogen (secondary N) is 1. The molecule has 2 aliphatic heterocycles. The summed E-state index contributed by atoms with van der Waals surface area (Å²) in [4.78, 5) is 60.4. The number of rotatable bonds is 13. The molecule has 4 amide bonds. The van der Waals surface area contributed by atoms with Crippen LogP contribution in [0.15, 0.2) is 18.2 Å². The molecule has 1 saturated heterocycles. The van der Waals surface area contributed by atoms with Crippen molar-refractivity contribution < 1.29 is 33.4 Å². The topological polar surface area (TPSA) is 118 Å². The van der Waals surface area contributed by atoms with Gasteiger partial charge in [0, 0.05) is 44.0 Å². The molecule has 1 aromatic carbocycles. The number of carbonyl (C=O) groups is 4. The van der Waals surface area contributed by atoms with E-state index in [4.69, 9.17) is 14.2 Å². The Bertz CT molecular complexity index is 1340. The Morgan fingerprint density at radius 3 is 2.24 bits per heavy atom. The monoisotopic (exact) mass is 684 g/mol. The molecule has 11 heteroatoms. The number of amides is 4. The van der Waals surface area contributed by atoms with E-state index >= 15 is 0 Å². The minimum absolute atomic E-state index is 0.00952. The molecule has 0 bridgehead atoms. The van der Waals surface area contributed by atoms with Gasteiger partial charge in [0.05, 0.1) is 24.1 Å². The highest BCUT2D eigenvalue weighted by molar-refractivity contribution is 6.04. The van der Waals surface area contributed by atoms with E-state index in [1.54, 1.807) is 18.7 Å². The zero-order valence-electron chi connectivity index (χ0n) is 31.5. The molecule has 1 saturated carbocycles. The van der Waals surface area contributed by atoms with Crippen molar-refractivity contribution in [1.29, 1.82) is 0 Å². The third-order valence-electron chi connectivity index (χ3n) is 9.13. The maximum absolute atomic E-state index is 14.6. The van der Waals surface area contributed by atoms with Crippen LogP contribution >= 0.6 is 0 Å². The summed E-state index contributed by atoms with van der Waals surface area (Å²) in [5, 5.41) is 3.28. The predicted octanol–water partition coefficient (Wildman–Crippen LogP) is 6.17. The largest absolute Gasteiger partial charge is 0.476 e. The van der Waals surface area contributed by atoms with Gasteiger partial charge in [-0.3, -0.25) is 14.4 Å². The van der Waals surface area contributed by atoms with Crippen LogP contribution in [-0.2, 0) is 23.9 Å². The zero-order chi connectivity index (χ0) is 36.3. The van der Waals surface area contributed by atoms with E-state index in [-0.39, 0.29) is 42.9 Å². The first kappa shape index (κ1) is 38.5. The number of carbonyl (C=O) groups excluding carboxylic acids is 4. The van der Waals surface area contributed by atoms with Crippen LogP contribution in [0.1, 0.15) is 101 Å². The minimum Gasteiger partial charge on any atom is -0.476 e. The van der Waals surface area contributed by atoms with Crippen LogP contribution in [0, 0.1) is 23.7 Å². The first-order valence-electron chi connectivity index (χ1n) is 18.2. The van der Waals surface area contributed by atoms with E-state index in [1.807, 2.05) is 50.8 Å². The van der Waals surface area contributed by atoms with E-state index in [0.29, 0.717) is 55.1 Å². The van der Waals surface area contributed by atoms with Gasteiger partial charge >= 0.3 is 6.09 Å². The third-order valence-corrected chi connectivity index (χ3v) is 9.13. The molecule has 0 spiro atoms. The van der Waals surface area contributed by atoms with Gasteiger partial charge in [0.2, 0.25) is 11.8 Å². The van der Waals surface area contributed by atoms with E-state index in [2.05, 4.69) is 33.0 Å². The lowest BCUT2D eigenvalue weighted by molar-refractivity contribution is -0.133. The normalized spacial score (nSPS) is 20.7. The summed E-state index contributed by atoms with van der Waals surface area (Å²) in [6.45, 7) is 21.0. The fraction of sp³-hybridized carbons (Fsp3) is 0.737. The van der Waals surface area contributed by atoms with E-state index in [9.17, 15) is 19.2 Å². The Balaban J connectivity index is 1.64. The summed E-state index contributed by atoms with van der Waals surface area (Å²) >= 11 is 0. The number of nitrogens with zero attached hydrogens (tertiary/aromatic N) is 3. The van der Waals surface area contributed by atoms with Gasteiger partial charge in [0.15, 0.2) is 5.60 Å². The first-order valence-corrected chi connectivity index (χ1v) is 18.2. The van der Waals surface area contributed by atoms with Crippen LogP contribution in [0.5, 0.6) is 5.75 Å². The standard InChI is InChI=1S/C38H60N4O7/c1-11-47-17-16-41-31-21-30(14-15-32(31)48-38(9,10)35(41)45)42(29-12-13-29)34(44)27-20-26(22-40(23-27)36(46)49-37(6,7)8)33(43)39-28(18-24(2)3)19-25(4)5/h14-15,21,24-29H,11-13,16-20,22-23H2,1-10H3,(H,39,43)/t26-,27+/m0/s1. The van der Waals surface area contributed by atoms with Crippen LogP contribution in [0.4, 0.5) is 16.2 Å². The molecule has 3 aliphatic rings. The number of likely N-dealkylation sites (tertiary alicyclic amines) is 1. The van der Waals surface area contributed by atoms with Crippen molar-refractivity contribution >= 4 is 35.2 Å². The second-order valence-corrected chi connectivity index (χ2v) is 16.3. The van der Waals surface area contributed by atoms with Gasteiger partial charge < -0.3 is 34.2 Å². The number of piperidine rings is 1. The molecular formula is C38H60N4O7. The van der Waals surface area contributed by atoms with Gasteiger partial charge in [-0.15, -0.1) is 0 Å². The number of benzene rings is 1. The van der Waals surface area contributed by atoms with Crippen molar-refractivity contribution in [3.63, 3.8) is 0 Å². The highest BCUT2D eigenvalue weighted by Gasteiger charge is 2.45. The molecule has 0 radical (unpaired) electrons. The number of anilines is 2. The van der Waals surface area contributed by atoms with Crippen molar-refractivity contribution in [2.24, 2.45) is 23.7 Å². The van der Waals surface area contributed by atoms with Crippen molar-refractivity contribution in [3.05, 3.63) is 18.2 Å². The van der Waals surface area contributed by atoms with Gasteiger partial charge in [-0.25, -0.2) is 4.79 Å². The summed E-state index contributed by atoms with van der Waals surface area (Å²) in [5.74, 6) is -0.246. The van der Waals surface area contributed by atoms with Crippen molar-refractivity contribution in [2.75, 3.05) is 42.6 Å². The molecule has 2 fully saturated rings. The molecule has 2 heterocycles. The van der Waals surface area contributed by atoms with Crippen molar-refractivity contribution in [1.82, 2.24) is 10.2 Å². The van der Waals surface area contributed by atoms with Gasteiger partial charge in [-0.1, -0.05) is 27.7 Å².